The van der Waals surface area contributed by atoms with Crippen molar-refractivity contribution < 1.29 is 9.53 Å². The Kier molecular flexibility index (Phi) is 14.0. The third-order valence-electron chi connectivity index (χ3n) is 7.59. The molecule has 5 heteroatoms. The third kappa shape index (κ3) is 11.2. The van der Waals surface area contributed by atoms with Gasteiger partial charge in [-0.15, -0.1) is 11.8 Å². The minimum Gasteiger partial charge on any atom is -0.493 e. The maximum Gasteiger partial charge on any atom is 0.259 e. The zero-order chi connectivity index (χ0) is 28.6. The standard InChI is InChI=1S/C35H52N2O2S/c1-5-6-7-8-9-10-11-12-13-14-15-18-24-39-33-26-30(35(2,3)4)21-22-31(33)34(38)36-32-20-17-16-19-29(32)27-37-23-25-40-28-37/h16-17,19-23,25-26H,5-15,18,24,27-28H2,1-4H3,(H,36,38). The van der Waals surface area contributed by atoms with E-state index in [-0.39, 0.29) is 11.3 Å². The molecule has 40 heavy (non-hydrogen) atoms. The lowest BCUT2D eigenvalue weighted by atomic mass is 9.86. The summed E-state index contributed by atoms with van der Waals surface area (Å²) in [6.07, 6.45) is 17.9. The van der Waals surface area contributed by atoms with Gasteiger partial charge in [0.05, 0.1) is 18.0 Å². The highest BCUT2D eigenvalue weighted by Gasteiger charge is 2.20. The molecule has 0 saturated heterocycles. The Hall–Kier alpha value is -2.40. The molecule has 0 spiro atoms. The maximum atomic E-state index is 13.5. The van der Waals surface area contributed by atoms with E-state index >= 15 is 0 Å². The summed E-state index contributed by atoms with van der Waals surface area (Å²) in [5.41, 5.74) is 3.71. The summed E-state index contributed by atoms with van der Waals surface area (Å²) in [5, 5.41) is 5.28. The Balaban J connectivity index is 1.50. The molecule has 4 nitrogen and oxygen atoms in total. The summed E-state index contributed by atoms with van der Waals surface area (Å²) in [6, 6.07) is 14.1. The molecule has 1 aliphatic rings. The Morgan fingerprint density at radius 2 is 1.55 bits per heavy atom. The normalized spacial score (nSPS) is 13.2. The first-order valence-corrected chi connectivity index (χ1v) is 16.6. The molecule has 1 amide bonds. The van der Waals surface area contributed by atoms with Gasteiger partial charge in [-0.2, -0.15) is 0 Å². The van der Waals surface area contributed by atoms with Crippen molar-refractivity contribution in [2.24, 2.45) is 0 Å². The molecule has 0 radical (unpaired) electrons. The van der Waals surface area contributed by atoms with Gasteiger partial charge in [-0.25, -0.2) is 0 Å². The predicted molar refractivity (Wildman–Crippen MR) is 173 cm³/mol. The fourth-order valence-electron chi connectivity index (χ4n) is 5.02. The van der Waals surface area contributed by atoms with E-state index in [1.54, 1.807) is 11.8 Å². The molecule has 2 aromatic carbocycles. The van der Waals surface area contributed by atoms with Gasteiger partial charge in [0.15, 0.2) is 0 Å². The molecule has 0 atom stereocenters. The highest BCUT2D eigenvalue weighted by atomic mass is 32.2. The summed E-state index contributed by atoms with van der Waals surface area (Å²) in [7, 11) is 0. The lowest BCUT2D eigenvalue weighted by Crippen LogP contribution is -2.19. The number of carbonyl (C=O) groups is 1. The summed E-state index contributed by atoms with van der Waals surface area (Å²) in [6.45, 7) is 10.3. The van der Waals surface area contributed by atoms with E-state index < -0.39 is 0 Å². The number of rotatable bonds is 18. The molecular formula is C35H52N2O2S. The Morgan fingerprint density at radius 1 is 0.900 bits per heavy atom. The quantitative estimate of drug-likeness (QED) is 0.183. The van der Waals surface area contributed by atoms with Crippen molar-refractivity contribution in [3.8, 4) is 5.75 Å². The van der Waals surface area contributed by atoms with Crippen LogP contribution in [0.15, 0.2) is 54.1 Å². The monoisotopic (exact) mass is 564 g/mol. The third-order valence-corrected chi connectivity index (χ3v) is 8.39. The average molecular weight is 565 g/mol. The molecular weight excluding hydrogens is 512 g/mol. The van der Waals surface area contributed by atoms with Gasteiger partial charge in [0.1, 0.15) is 5.75 Å². The molecule has 0 fully saturated rings. The number of benzene rings is 2. The van der Waals surface area contributed by atoms with E-state index in [0.29, 0.717) is 17.9 Å². The first-order chi connectivity index (χ1) is 19.4. The second-order valence-corrected chi connectivity index (χ2v) is 13.0. The van der Waals surface area contributed by atoms with Crippen LogP contribution in [0.5, 0.6) is 5.75 Å². The van der Waals surface area contributed by atoms with Crippen molar-refractivity contribution in [1.29, 1.82) is 0 Å². The van der Waals surface area contributed by atoms with E-state index in [1.807, 2.05) is 24.3 Å². The molecule has 3 rings (SSSR count). The van der Waals surface area contributed by atoms with Crippen LogP contribution in [0, 0.1) is 0 Å². The second-order valence-electron chi connectivity index (χ2n) is 12.1. The van der Waals surface area contributed by atoms with E-state index in [1.165, 1.54) is 76.2 Å². The fraction of sp³-hybridized carbons (Fsp3) is 0.571. The number of anilines is 1. The zero-order valence-electron chi connectivity index (χ0n) is 25.5. The van der Waals surface area contributed by atoms with Crippen LogP contribution in [-0.4, -0.2) is 23.3 Å². The van der Waals surface area contributed by atoms with Crippen molar-refractivity contribution in [3.05, 3.63) is 70.8 Å². The number of hydrogen-bond acceptors (Lipinski definition) is 4. The van der Waals surface area contributed by atoms with Crippen LogP contribution in [0.4, 0.5) is 5.69 Å². The van der Waals surface area contributed by atoms with Gasteiger partial charge in [-0.05, 0) is 46.6 Å². The summed E-state index contributed by atoms with van der Waals surface area (Å²) in [4.78, 5) is 15.7. The highest BCUT2D eigenvalue weighted by molar-refractivity contribution is 8.02. The van der Waals surface area contributed by atoms with Gasteiger partial charge in [0, 0.05) is 18.4 Å². The number of ether oxygens (including phenoxy) is 1. The zero-order valence-corrected chi connectivity index (χ0v) is 26.3. The number of para-hydroxylation sites is 1. The highest BCUT2D eigenvalue weighted by Crippen LogP contribution is 2.30. The first-order valence-electron chi connectivity index (χ1n) is 15.6. The van der Waals surface area contributed by atoms with Crippen molar-refractivity contribution in [2.75, 3.05) is 17.8 Å². The molecule has 0 aromatic heterocycles. The lowest BCUT2D eigenvalue weighted by Gasteiger charge is -2.22. The second kappa shape index (κ2) is 17.4. The summed E-state index contributed by atoms with van der Waals surface area (Å²) >= 11 is 1.78. The largest absolute Gasteiger partial charge is 0.493 e. The van der Waals surface area contributed by atoms with Crippen LogP contribution in [0.3, 0.4) is 0 Å². The Bertz CT molecular complexity index is 1060. The van der Waals surface area contributed by atoms with Gasteiger partial charge >= 0.3 is 0 Å². The minimum absolute atomic E-state index is 0.0169. The number of nitrogens with one attached hydrogen (secondary N) is 1. The van der Waals surface area contributed by atoms with Crippen LogP contribution in [0.2, 0.25) is 0 Å². The number of thioether (sulfide) groups is 1. The molecule has 1 heterocycles. The van der Waals surface area contributed by atoms with Crippen molar-refractivity contribution in [1.82, 2.24) is 4.90 Å². The SMILES string of the molecule is CCCCCCCCCCCCCCOc1cc(C(C)(C)C)ccc1C(=O)Nc1ccccc1CN1C=CSC1. The smallest absolute Gasteiger partial charge is 0.259 e. The minimum atomic E-state index is -0.121. The van der Waals surface area contributed by atoms with Crippen LogP contribution >= 0.6 is 11.8 Å². The first kappa shape index (κ1) is 32.1. The van der Waals surface area contributed by atoms with Gasteiger partial charge in [-0.3, -0.25) is 4.79 Å². The maximum absolute atomic E-state index is 13.5. The van der Waals surface area contributed by atoms with Crippen molar-refractivity contribution >= 4 is 23.4 Å². The number of unbranched alkanes of at least 4 members (excludes halogenated alkanes) is 11. The van der Waals surface area contributed by atoms with Crippen molar-refractivity contribution in [3.63, 3.8) is 0 Å². The van der Waals surface area contributed by atoms with Crippen molar-refractivity contribution in [2.45, 2.75) is 117 Å². The van der Waals surface area contributed by atoms with E-state index in [4.69, 9.17) is 4.74 Å². The van der Waals surface area contributed by atoms with Crippen LogP contribution in [-0.2, 0) is 12.0 Å². The van der Waals surface area contributed by atoms with E-state index in [9.17, 15) is 4.79 Å². The molecule has 220 valence electrons. The van der Waals surface area contributed by atoms with Gasteiger partial charge in [0.2, 0.25) is 0 Å². The molecule has 0 bridgehead atoms. The topological polar surface area (TPSA) is 41.6 Å². The molecule has 0 aliphatic carbocycles. The van der Waals surface area contributed by atoms with Gasteiger partial charge < -0.3 is 15.0 Å². The molecule has 1 N–H and O–H groups in total. The molecule has 2 aromatic rings. The van der Waals surface area contributed by atoms with Gasteiger partial charge in [0.25, 0.3) is 5.91 Å². The number of nitrogens with zero attached hydrogens (tertiary/aromatic N) is 1. The Morgan fingerprint density at radius 3 is 2.17 bits per heavy atom. The summed E-state index contributed by atoms with van der Waals surface area (Å²) in [5.74, 6) is 1.50. The average Bonchev–Trinajstić information content (AvgIpc) is 3.45. The van der Waals surface area contributed by atoms with E-state index in [2.05, 4.69) is 67.7 Å². The van der Waals surface area contributed by atoms with Crippen LogP contribution in [0.1, 0.15) is 126 Å². The van der Waals surface area contributed by atoms with E-state index in [0.717, 1.165) is 30.1 Å². The predicted octanol–water partition coefficient (Wildman–Crippen LogP) is 10.3. The van der Waals surface area contributed by atoms with Crippen LogP contribution < -0.4 is 10.1 Å². The lowest BCUT2D eigenvalue weighted by molar-refractivity contribution is 0.102. The molecule has 0 unspecified atom stereocenters. The van der Waals surface area contributed by atoms with Gasteiger partial charge in [-0.1, -0.05) is 123 Å². The number of amides is 1. The molecule has 1 aliphatic heterocycles. The Labute approximate surface area is 248 Å². The number of hydrogen-bond donors (Lipinski definition) is 1. The fourth-order valence-corrected chi connectivity index (χ4v) is 5.73. The molecule has 0 saturated carbocycles. The summed E-state index contributed by atoms with van der Waals surface area (Å²) < 4.78 is 6.28. The van der Waals surface area contributed by atoms with Crippen LogP contribution in [0.25, 0.3) is 0 Å². The number of carbonyl (C=O) groups excluding carboxylic acids is 1.